The summed E-state index contributed by atoms with van der Waals surface area (Å²) >= 11 is 0. The summed E-state index contributed by atoms with van der Waals surface area (Å²) in [5.41, 5.74) is -4.77. The highest BCUT2D eigenvalue weighted by atomic mass is 32.3. The van der Waals surface area contributed by atoms with Crippen LogP contribution in [0.15, 0.2) is 35.2 Å². The Labute approximate surface area is 112 Å². The average Bonchev–Trinajstić information content (AvgIpc) is 2.25. The summed E-state index contributed by atoms with van der Waals surface area (Å²) in [6.07, 6.45) is 0. The van der Waals surface area contributed by atoms with Gasteiger partial charge in [0.2, 0.25) is 0 Å². The predicted octanol–water partition coefficient (Wildman–Crippen LogP) is 3.84. The second-order valence-electron chi connectivity index (χ2n) is 3.59. The Hall–Kier alpha value is -1.10. The lowest BCUT2D eigenvalue weighted by atomic mass is 10.3. The van der Waals surface area contributed by atoms with Crippen molar-refractivity contribution in [1.82, 2.24) is 4.31 Å². The molecule has 2 nitrogen and oxygen atoms in total. The van der Waals surface area contributed by atoms with Crippen LogP contribution in [0.4, 0.5) is 30.4 Å². The van der Waals surface area contributed by atoms with E-state index in [1.54, 1.807) is 6.07 Å². The van der Waals surface area contributed by atoms with E-state index in [2.05, 4.69) is 0 Å². The van der Waals surface area contributed by atoms with Crippen LogP contribution >= 0.6 is 0 Å². The van der Waals surface area contributed by atoms with Crippen LogP contribution in [0.25, 0.3) is 0 Å². The first-order valence-corrected chi connectivity index (χ1v) is 6.52. The molecule has 20 heavy (non-hydrogen) atoms. The second-order valence-corrected chi connectivity index (χ2v) is 6.31. The molecule has 1 rings (SSSR count). The third-order valence-electron chi connectivity index (χ3n) is 1.89. The SMILES string of the molecule is CN(C)[S+](=O)(c1ccccc1)C(F)(F)F.F[B-](F)(F)F. The van der Waals surface area contributed by atoms with Crippen molar-refractivity contribution < 1.29 is 34.6 Å². The van der Waals surface area contributed by atoms with Crippen molar-refractivity contribution in [2.24, 2.45) is 0 Å². The number of alkyl halides is 3. The van der Waals surface area contributed by atoms with Crippen molar-refractivity contribution in [3.05, 3.63) is 30.3 Å². The molecule has 1 aromatic carbocycles. The molecule has 0 amide bonds. The fourth-order valence-corrected chi connectivity index (χ4v) is 2.79. The van der Waals surface area contributed by atoms with E-state index in [9.17, 15) is 34.6 Å². The van der Waals surface area contributed by atoms with E-state index in [4.69, 9.17) is 0 Å². The normalized spacial score (nSPS) is 15.3. The molecule has 0 fully saturated rings. The number of hydrogen-bond acceptors (Lipinski definition) is 1. The Kier molecular flexibility index (Phi) is 6.21. The predicted molar refractivity (Wildman–Crippen MR) is 62.7 cm³/mol. The number of nitrogens with zero attached hydrogens (tertiary/aromatic N) is 1. The first-order valence-electron chi connectivity index (χ1n) is 5.00. The first-order chi connectivity index (χ1) is 8.80. The quantitative estimate of drug-likeness (QED) is 0.460. The van der Waals surface area contributed by atoms with Crippen molar-refractivity contribution in [2.75, 3.05) is 14.1 Å². The van der Waals surface area contributed by atoms with Gasteiger partial charge < -0.3 is 17.3 Å². The lowest BCUT2D eigenvalue weighted by Crippen LogP contribution is -2.42. The lowest BCUT2D eigenvalue weighted by molar-refractivity contribution is -0.0465. The molecule has 0 aliphatic carbocycles. The van der Waals surface area contributed by atoms with Gasteiger partial charge in [0.25, 0.3) is 10.1 Å². The molecule has 0 saturated heterocycles. The van der Waals surface area contributed by atoms with Gasteiger partial charge in [-0.25, -0.2) is 0 Å². The van der Waals surface area contributed by atoms with Crippen LogP contribution in [0.1, 0.15) is 0 Å². The van der Waals surface area contributed by atoms with E-state index < -0.39 is 22.9 Å². The second kappa shape index (κ2) is 6.57. The highest BCUT2D eigenvalue weighted by molar-refractivity contribution is 8.01. The molecule has 1 aromatic rings. The lowest BCUT2D eigenvalue weighted by Gasteiger charge is -2.18. The van der Waals surface area contributed by atoms with Gasteiger partial charge in [-0.3, -0.25) is 0 Å². The third kappa shape index (κ3) is 5.49. The van der Waals surface area contributed by atoms with Crippen LogP contribution in [0, 0.1) is 0 Å². The summed E-state index contributed by atoms with van der Waals surface area (Å²) in [6, 6.07) is 6.88. The monoisotopic (exact) mass is 325 g/mol. The first kappa shape index (κ1) is 18.9. The summed E-state index contributed by atoms with van der Waals surface area (Å²) in [6.45, 7) is 0. The largest absolute Gasteiger partial charge is 0.673 e. The van der Waals surface area contributed by atoms with Gasteiger partial charge in [-0.15, -0.1) is 17.5 Å². The maximum Gasteiger partial charge on any atom is 0.673 e. The zero-order valence-electron chi connectivity index (χ0n) is 10.4. The Morgan fingerprint density at radius 2 is 1.35 bits per heavy atom. The van der Waals surface area contributed by atoms with Crippen molar-refractivity contribution in [3.63, 3.8) is 0 Å². The summed E-state index contributed by atoms with van der Waals surface area (Å²) < 4.78 is 89.8. The van der Waals surface area contributed by atoms with E-state index >= 15 is 0 Å². The van der Waals surface area contributed by atoms with Crippen LogP contribution in [0.2, 0.25) is 0 Å². The Balaban J connectivity index is 0.000000621. The molecule has 0 heterocycles. The van der Waals surface area contributed by atoms with Crippen molar-refractivity contribution >= 4 is 17.4 Å². The molecule has 0 aromatic heterocycles. The van der Waals surface area contributed by atoms with Gasteiger partial charge in [0.05, 0.1) is 0 Å². The fraction of sp³-hybridized carbons (Fsp3) is 0.333. The molecule has 0 aliphatic heterocycles. The third-order valence-corrected chi connectivity index (χ3v) is 4.46. The highest BCUT2D eigenvalue weighted by Crippen LogP contribution is 2.38. The molecule has 0 saturated carbocycles. The molecular weight excluding hydrogens is 314 g/mol. The molecule has 1 unspecified atom stereocenters. The maximum atomic E-state index is 12.7. The smallest absolute Gasteiger partial charge is 0.418 e. The van der Waals surface area contributed by atoms with Crippen molar-refractivity contribution in [2.45, 2.75) is 10.4 Å². The molecule has 0 N–H and O–H groups in total. The summed E-state index contributed by atoms with van der Waals surface area (Å²) in [5.74, 6) is 0. The summed E-state index contributed by atoms with van der Waals surface area (Å²) in [4.78, 5) is -0.220. The van der Waals surface area contributed by atoms with Gasteiger partial charge in [-0.1, -0.05) is 22.4 Å². The Bertz CT molecular complexity index is 454. The van der Waals surface area contributed by atoms with Crippen LogP contribution < -0.4 is 0 Å². The van der Waals surface area contributed by atoms with Crippen molar-refractivity contribution in [1.29, 1.82) is 0 Å². The molecule has 11 heteroatoms. The maximum absolute atomic E-state index is 12.7. The molecule has 0 spiro atoms. The molecule has 116 valence electrons. The van der Waals surface area contributed by atoms with Gasteiger partial charge in [-0.05, 0) is 12.1 Å². The van der Waals surface area contributed by atoms with Gasteiger partial charge in [0, 0.05) is 14.1 Å². The molecule has 0 bridgehead atoms. The molecular formula is C9H11BF7NOS. The zero-order valence-corrected chi connectivity index (χ0v) is 11.2. The van der Waals surface area contributed by atoms with Crippen LogP contribution in [-0.2, 0) is 14.3 Å². The van der Waals surface area contributed by atoms with E-state index in [1.165, 1.54) is 24.3 Å². The fourth-order valence-electron chi connectivity index (χ4n) is 1.16. The van der Waals surface area contributed by atoms with Crippen LogP contribution in [0.5, 0.6) is 0 Å². The van der Waals surface area contributed by atoms with Gasteiger partial charge in [0.15, 0.2) is 4.90 Å². The zero-order chi connectivity index (χ0) is 16.2. The molecule has 1 atom stereocenters. The Morgan fingerprint density at radius 1 is 1.00 bits per heavy atom. The standard InChI is InChI=1S/C9H11F3NOS.BF4/c1-13(2)15(14,9(10,11)12)8-6-4-3-5-7-8;2-1(3,4)5/h3-7H,1-2H3;/q+1;-1. The van der Waals surface area contributed by atoms with Crippen molar-refractivity contribution in [3.8, 4) is 0 Å². The minimum Gasteiger partial charge on any atom is -0.418 e. The molecule has 0 aliphatic rings. The highest BCUT2D eigenvalue weighted by Gasteiger charge is 2.62. The summed E-state index contributed by atoms with van der Waals surface area (Å²) in [7, 11) is -7.86. The number of halogens is 7. The van der Waals surface area contributed by atoms with E-state index in [-0.39, 0.29) is 4.90 Å². The average molecular weight is 325 g/mol. The minimum absolute atomic E-state index is 0.220. The van der Waals surface area contributed by atoms with Gasteiger partial charge in [-0.2, -0.15) is 0 Å². The minimum atomic E-state index is -6.00. The number of hydrogen-bond donors (Lipinski definition) is 0. The number of benzene rings is 1. The van der Waals surface area contributed by atoms with E-state index in [1.807, 2.05) is 0 Å². The molecule has 0 radical (unpaired) electrons. The summed E-state index contributed by atoms with van der Waals surface area (Å²) in [5, 5.41) is 0. The number of rotatable bonds is 2. The van der Waals surface area contributed by atoms with E-state index in [0.717, 1.165) is 14.1 Å². The van der Waals surface area contributed by atoms with E-state index in [0.29, 0.717) is 4.31 Å². The van der Waals surface area contributed by atoms with Gasteiger partial charge >= 0.3 is 12.8 Å². The van der Waals surface area contributed by atoms with Crippen LogP contribution in [0.3, 0.4) is 0 Å². The van der Waals surface area contributed by atoms with Gasteiger partial charge in [0.1, 0.15) is 0 Å². The Morgan fingerprint density at radius 3 is 1.60 bits per heavy atom. The topological polar surface area (TPSA) is 20.3 Å². The van der Waals surface area contributed by atoms with Crippen LogP contribution in [-0.4, -0.2) is 31.2 Å².